The number of ether oxygens (including phenoxy) is 1. The maximum atomic E-state index is 15.2. The van der Waals surface area contributed by atoms with E-state index in [9.17, 15) is 13.2 Å². The van der Waals surface area contributed by atoms with Crippen LogP contribution in [0.25, 0.3) is 0 Å². The van der Waals surface area contributed by atoms with E-state index in [1.54, 1.807) is 26.8 Å². The minimum atomic E-state index is -4.40. The van der Waals surface area contributed by atoms with Gasteiger partial charge in [0.25, 0.3) is 0 Å². The first-order chi connectivity index (χ1) is 15.1. The second-order valence-electron chi connectivity index (χ2n) is 7.12. The van der Waals surface area contributed by atoms with Crippen LogP contribution < -0.4 is 15.2 Å². The number of hydrogen-bond donors (Lipinski definition) is 2. The summed E-state index contributed by atoms with van der Waals surface area (Å²) >= 11 is 0. The number of sulfonamides is 1. The molecule has 2 aromatic carbocycles. The minimum Gasteiger partial charge on any atom is -0.495 e. The number of methoxy groups -OCH3 is 1. The molecule has 0 aliphatic heterocycles. The number of hydrogen-bond acceptors (Lipinski definition) is 7. The smallest absolute Gasteiger partial charge is 0.434 e. The number of aryl methyl sites for hydroxylation is 1. The molecule has 1 unspecified atom stereocenters. The fourth-order valence-corrected chi connectivity index (χ4v) is 5.12. The number of nitriles is 1. The Labute approximate surface area is 183 Å². The first kappa shape index (κ1) is 23.2. The topological polar surface area (TPSA) is 138 Å². The second-order valence-corrected chi connectivity index (χ2v) is 8.78. The van der Waals surface area contributed by atoms with E-state index in [2.05, 4.69) is 14.9 Å². The second kappa shape index (κ2) is 8.57. The van der Waals surface area contributed by atoms with Crippen molar-refractivity contribution in [1.82, 2.24) is 14.9 Å². The summed E-state index contributed by atoms with van der Waals surface area (Å²) in [5.41, 5.74) is -0.510. The summed E-state index contributed by atoms with van der Waals surface area (Å²) in [6.07, 6.45) is -0.0418. The Morgan fingerprint density at radius 1 is 1.31 bits per heavy atom. The number of nitrogens with zero attached hydrogens (tertiary/aromatic N) is 2. The standard InChI is InChI=1S/C21H21FN4O5S/c1-5-21(19-24-25-20(27)31-19,18-13(3)12(2)6-8-15(18)22)26-32(28,29)17-9-7-14(11-23)10-16(17)30-4/h6-10,26H,5H2,1-4H3,(H,25,27). The lowest BCUT2D eigenvalue weighted by atomic mass is 9.83. The molecule has 11 heteroatoms. The number of nitrogens with one attached hydrogen (secondary N) is 2. The van der Waals surface area contributed by atoms with E-state index in [0.717, 1.165) is 0 Å². The third-order valence-corrected chi connectivity index (χ3v) is 6.87. The molecule has 0 saturated heterocycles. The lowest BCUT2D eigenvalue weighted by Crippen LogP contribution is -2.48. The molecule has 1 heterocycles. The molecule has 9 nitrogen and oxygen atoms in total. The molecular weight excluding hydrogens is 439 g/mol. The molecule has 0 spiro atoms. The van der Waals surface area contributed by atoms with Crippen LogP contribution in [0.1, 0.15) is 41.5 Å². The Balaban J connectivity index is 2.31. The van der Waals surface area contributed by atoms with Gasteiger partial charge in [-0.2, -0.15) is 9.98 Å². The van der Waals surface area contributed by atoms with E-state index in [-0.39, 0.29) is 34.1 Å². The minimum absolute atomic E-state index is 0.0218. The Kier molecular flexibility index (Phi) is 6.20. The van der Waals surface area contributed by atoms with Gasteiger partial charge in [0.1, 0.15) is 22.0 Å². The van der Waals surface area contributed by atoms with Crippen LogP contribution in [-0.2, 0) is 15.6 Å². The summed E-state index contributed by atoms with van der Waals surface area (Å²) in [6, 6.07) is 8.48. The van der Waals surface area contributed by atoms with Gasteiger partial charge in [0.05, 0.1) is 18.7 Å². The van der Waals surface area contributed by atoms with Crippen LogP contribution in [0.5, 0.6) is 5.75 Å². The Bertz CT molecular complexity index is 1370. The Hall–Kier alpha value is -3.49. The first-order valence-corrected chi connectivity index (χ1v) is 11.0. The highest BCUT2D eigenvalue weighted by atomic mass is 32.2. The molecule has 0 saturated carbocycles. The number of aromatic nitrogens is 2. The van der Waals surface area contributed by atoms with Crippen molar-refractivity contribution < 1.29 is 22.0 Å². The van der Waals surface area contributed by atoms with Crippen LogP contribution in [0, 0.1) is 31.0 Å². The fourth-order valence-electron chi connectivity index (χ4n) is 3.56. The van der Waals surface area contributed by atoms with E-state index < -0.39 is 27.1 Å². The fraction of sp³-hybridized carbons (Fsp3) is 0.286. The van der Waals surface area contributed by atoms with E-state index in [1.807, 2.05) is 6.07 Å². The van der Waals surface area contributed by atoms with Crippen molar-refractivity contribution in [3.8, 4) is 11.8 Å². The van der Waals surface area contributed by atoms with Gasteiger partial charge < -0.3 is 9.15 Å². The molecular formula is C21H21FN4O5S. The van der Waals surface area contributed by atoms with Gasteiger partial charge in [-0.1, -0.05) is 13.0 Å². The Morgan fingerprint density at radius 3 is 2.59 bits per heavy atom. The van der Waals surface area contributed by atoms with Crippen LogP contribution in [-0.4, -0.2) is 25.7 Å². The third kappa shape index (κ3) is 3.90. The molecule has 0 aliphatic rings. The number of benzene rings is 2. The summed E-state index contributed by atoms with van der Waals surface area (Å²) in [5, 5.41) is 15.0. The van der Waals surface area contributed by atoms with Gasteiger partial charge in [-0.15, -0.1) is 5.10 Å². The van der Waals surface area contributed by atoms with Gasteiger partial charge in [0.2, 0.25) is 15.9 Å². The average Bonchev–Trinajstić information content (AvgIpc) is 3.21. The summed E-state index contributed by atoms with van der Waals surface area (Å²) in [5.74, 6) is -2.03. The van der Waals surface area contributed by atoms with Crippen LogP contribution in [0.3, 0.4) is 0 Å². The van der Waals surface area contributed by atoms with Gasteiger partial charge >= 0.3 is 5.76 Å². The van der Waals surface area contributed by atoms with Crippen LogP contribution in [0.15, 0.2) is 44.4 Å². The largest absolute Gasteiger partial charge is 0.495 e. The van der Waals surface area contributed by atoms with Crippen molar-refractivity contribution >= 4 is 10.0 Å². The van der Waals surface area contributed by atoms with Crippen molar-refractivity contribution in [2.45, 2.75) is 37.6 Å². The molecule has 3 rings (SSSR count). The molecule has 32 heavy (non-hydrogen) atoms. The van der Waals surface area contributed by atoms with E-state index in [4.69, 9.17) is 14.4 Å². The maximum Gasteiger partial charge on any atom is 0.434 e. The first-order valence-electron chi connectivity index (χ1n) is 9.54. The molecule has 0 fully saturated rings. The quantitative estimate of drug-likeness (QED) is 0.553. The molecule has 0 bridgehead atoms. The Morgan fingerprint density at radius 2 is 2.03 bits per heavy atom. The van der Waals surface area contributed by atoms with Crippen LogP contribution in [0.4, 0.5) is 4.39 Å². The maximum absolute atomic E-state index is 15.2. The van der Waals surface area contributed by atoms with E-state index in [0.29, 0.717) is 11.1 Å². The number of rotatable bonds is 7. The number of H-pyrrole nitrogens is 1. The van der Waals surface area contributed by atoms with Gasteiger partial charge in [-0.25, -0.2) is 22.7 Å². The SMILES string of the molecule is CCC(NS(=O)(=O)c1ccc(C#N)cc1OC)(c1n[nH]c(=O)o1)c1c(F)ccc(C)c1C. The highest BCUT2D eigenvalue weighted by Crippen LogP contribution is 2.38. The highest BCUT2D eigenvalue weighted by Gasteiger charge is 2.45. The van der Waals surface area contributed by atoms with Crippen molar-refractivity contribution in [1.29, 1.82) is 5.26 Å². The number of halogens is 1. The van der Waals surface area contributed by atoms with Gasteiger partial charge in [0, 0.05) is 5.56 Å². The predicted molar refractivity (Wildman–Crippen MR) is 112 cm³/mol. The molecule has 1 aromatic heterocycles. The zero-order chi connectivity index (χ0) is 23.7. The average molecular weight is 460 g/mol. The molecule has 0 radical (unpaired) electrons. The predicted octanol–water partition coefficient (Wildman–Crippen LogP) is 2.63. The van der Waals surface area contributed by atoms with Gasteiger partial charge in [-0.05, 0) is 55.7 Å². The normalized spacial score (nSPS) is 13.4. The lowest BCUT2D eigenvalue weighted by molar-refractivity contribution is 0.318. The third-order valence-electron chi connectivity index (χ3n) is 5.34. The molecule has 2 N–H and O–H groups in total. The van der Waals surface area contributed by atoms with Crippen molar-refractivity contribution in [3.05, 3.63) is 74.8 Å². The van der Waals surface area contributed by atoms with Gasteiger partial charge in [0.15, 0.2) is 0 Å². The zero-order valence-electron chi connectivity index (χ0n) is 17.8. The molecule has 1 atom stereocenters. The van der Waals surface area contributed by atoms with Crippen molar-refractivity contribution in [2.75, 3.05) is 7.11 Å². The van der Waals surface area contributed by atoms with Crippen molar-refractivity contribution in [2.24, 2.45) is 0 Å². The van der Waals surface area contributed by atoms with Gasteiger partial charge in [-0.3, -0.25) is 0 Å². The number of aromatic amines is 1. The summed E-state index contributed by atoms with van der Waals surface area (Å²) in [7, 11) is -3.13. The lowest BCUT2D eigenvalue weighted by Gasteiger charge is -2.32. The van der Waals surface area contributed by atoms with Crippen molar-refractivity contribution in [3.63, 3.8) is 0 Å². The molecule has 168 valence electrons. The van der Waals surface area contributed by atoms with Crippen LogP contribution in [0.2, 0.25) is 0 Å². The van der Waals surface area contributed by atoms with Crippen LogP contribution >= 0.6 is 0 Å². The monoisotopic (exact) mass is 460 g/mol. The van der Waals surface area contributed by atoms with E-state index in [1.165, 1.54) is 31.4 Å². The zero-order valence-corrected chi connectivity index (χ0v) is 18.6. The summed E-state index contributed by atoms with van der Waals surface area (Å²) in [6.45, 7) is 4.99. The molecule has 0 aliphatic carbocycles. The van der Waals surface area contributed by atoms with E-state index >= 15 is 4.39 Å². The summed E-state index contributed by atoms with van der Waals surface area (Å²) < 4.78 is 54.9. The highest BCUT2D eigenvalue weighted by molar-refractivity contribution is 7.89. The molecule has 3 aromatic rings. The molecule has 0 amide bonds. The summed E-state index contributed by atoms with van der Waals surface area (Å²) in [4.78, 5) is 11.4.